The van der Waals surface area contributed by atoms with Crippen molar-refractivity contribution in [2.75, 3.05) is 13.1 Å². The molecule has 0 unspecified atom stereocenters. The van der Waals surface area contributed by atoms with Gasteiger partial charge in [0.2, 0.25) is 10.0 Å². The molecule has 1 fully saturated rings. The molecule has 1 heterocycles. The van der Waals surface area contributed by atoms with Gasteiger partial charge in [0.1, 0.15) is 4.90 Å². The Morgan fingerprint density at radius 2 is 2.06 bits per heavy atom. The number of nitrogens with two attached hydrogens (primary N) is 1. The molecule has 0 aromatic heterocycles. The Morgan fingerprint density at radius 1 is 1.33 bits per heavy atom. The summed E-state index contributed by atoms with van der Waals surface area (Å²) >= 11 is 11.8. The maximum Gasteiger partial charge on any atom is 0.244 e. The van der Waals surface area contributed by atoms with Crippen molar-refractivity contribution in [2.45, 2.75) is 23.8 Å². The largest absolute Gasteiger partial charge is 0.327 e. The third kappa shape index (κ3) is 2.81. The molecule has 1 saturated heterocycles. The van der Waals surface area contributed by atoms with Crippen molar-refractivity contribution in [3.05, 3.63) is 28.2 Å². The topological polar surface area (TPSA) is 63.4 Å². The minimum atomic E-state index is -3.61. The SMILES string of the molecule is N[C@@H]1CCCN(S(=O)(=O)c2cc(Cl)ccc2Cl)C1. The molecular weight excluding hydrogens is 295 g/mol. The van der Waals surface area contributed by atoms with Crippen molar-refractivity contribution >= 4 is 33.2 Å². The molecule has 18 heavy (non-hydrogen) atoms. The van der Waals surface area contributed by atoms with Gasteiger partial charge in [-0.15, -0.1) is 0 Å². The van der Waals surface area contributed by atoms with E-state index in [1.165, 1.54) is 16.4 Å². The molecular formula is C11H14Cl2N2O2S. The Kier molecular flexibility index (Phi) is 4.18. The minimum Gasteiger partial charge on any atom is -0.327 e. The molecule has 4 nitrogen and oxygen atoms in total. The molecule has 1 aliphatic rings. The van der Waals surface area contributed by atoms with Crippen LogP contribution in [0.4, 0.5) is 0 Å². The molecule has 1 aliphatic heterocycles. The highest BCUT2D eigenvalue weighted by atomic mass is 35.5. The highest BCUT2D eigenvalue weighted by Gasteiger charge is 2.30. The molecule has 1 atom stereocenters. The Hall–Kier alpha value is -0.330. The van der Waals surface area contributed by atoms with Crippen LogP contribution >= 0.6 is 23.2 Å². The van der Waals surface area contributed by atoms with Gasteiger partial charge in [0.05, 0.1) is 5.02 Å². The quantitative estimate of drug-likeness (QED) is 0.910. The maximum atomic E-state index is 12.4. The monoisotopic (exact) mass is 308 g/mol. The van der Waals surface area contributed by atoms with E-state index in [1.54, 1.807) is 6.07 Å². The number of nitrogens with zero attached hydrogens (tertiary/aromatic N) is 1. The van der Waals surface area contributed by atoms with Crippen LogP contribution in [0, 0.1) is 0 Å². The molecule has 2 rings (SSSR count). The first-order valence-electron chi connectivity index (χ1n) is 5.62. The average molecular weight is 309 g/mol. The summed E-state index contributed by atoms with van der Waals surface area (Å²) in [5.41, 5.74) is 5.80. The summed E-state index contributed by atoms with van der Waals surface area (Å²) in [6.45, 7) is 0.796. The zero-order valence-corrected chi connectivity index (χ0v) is 12.0. The van der Waals surface area contributed by atoms with Crippen molar-refractivity contribution in [2.24, 2.45) is 5.73 Å². The predicted molar refractivity (Wildman–Crippen MR) is 72.4 cm³/mol. The molecule has 1 aromatic carbocycles. The van der Waals surface area contributed by atoms with Crippen LogP contribution in [-0.4, -0.2) is 31.9 Å². The number of halogens is 2. The lowest BCUT2D eigenvalue weighted by Crippen LogP contribution is -2.45. The summed E-state index contributed by atoms with van der Waals surface area (Å²) in [6.07, 6.45) is 1.61. The number of sulfonamides is 1. The first-order valence-corrected chi connectivity index (χ1v) is 7.81. The second-order valence-corrected chi connectivity index (χ2v) is 7.09. The van der Waals surface area contributed by atoms with Gasteiger partial charge >= 0.3 is 0 Å². The molecule has 2 N–H and O–H groups in total. The smallest absolute Gasteiger partial charge is 0.244 e. The molecule has 100 valence electrons. The lowest BCUT2D eigenvalue weighted by molar-refractivity contribution is 0.316. The van der Waals surface area contributed by atoms with Crippen LogP contribution in [0.25, 0.3) is 0 Å². The van der Waals surface area contributed by atoms with E-state index < -0.39 is 10.0 Å². The van der Waals surface area contributed by atoms with Gasteiger partial charge < -0.3 is 5.73 Å². The van der Waals surface area contributed by atoms with Crippen molar-refractivity contribution in [3.8, 4) is 0 Å². The Labute approximate surface area is 117 Å². The van der Waals surface area contributed by atoms with Crippen LogP contribution in [0.15, 0.2) is 23.1 Å². The van der Waals surface area contributed by atoms with Crippen molar-refractivity contribution in [3.63, 3.8) is 0 Å². The molecule has 7 heteroatoms. The van der Waals surface area contributed by atoms with Crippen molar-refractivity contribution in [1.29, 1.82) is 0 Å². The fourth-order valence-electron chi connectivity index (χ4n) is 2.01. The predicted octanol–water partition coefficient (Wildman–Crippen LogP) is 2.11. The lowest BCUT2D eigenvalue weighted by atomic mass is 10.1. The highest BCUT2D eigenvalue weighted by molar-refractivity contribution is 7.89. The summed E-state index contributed by atoms with van der Waals surface area (Å²) in [5, 5.41) is 0.526. The molecule has 0 aliphatic carbocycles. The Morgan fingerprint density at radius 3 is 2.72 bits per heavy atom. The van der Waals surface area contributed by atoms with E-state index in [9.17, 15) is 8.42 Å². The van der Waals surface area contributed by atoms with Gasteiger partial charge in [0, 0.05) is 24.2 Å². The lowest BCUT2D eigenvalue weighted by Gasteiger charge is -2.30. The Bertz CT molecular complexity index is 548. The standard InChI is InChI=1S/C11H14Cl2N2O2S/c12-8-3-4-10(13)11(6-8)18(16,17)15-5-1-2-9(14)7-15/h3-4,6,9H,1-2,5,7,14H2/t9-/m1/s1. The number of hydrogen-bond donors (Lipinski definition) is 1. The third-order valence-electron chi connectivity index (χ3n) is 2.93. The minimum absolute atomic E-state index is 0.0470. The molecule has 0 amide bonds. The molecule has 1 aromatic rings. The summed E-state index contributed by atoms with van der Waals surface area (Å²) < 4.78 is 26.2. The van der Waals surface area contributed by atoms with Crippen LogP contribution in [-0.2, 0) is 10.0 Å². The van der Waals surface area contributed by atoms with Crippen LogP contribution in [0.3, 0.4) is 0 Å². The summed E-state index contributed by atoms with van der Waals surface area (Å²) in [4.78, 5) is 0.0470. The van der Waals surface area contributed by atoms with Gasteiger partial charge in [-0.1, -0.05) is 23.2 Å². The van der Waals surface area contributed by atoms with Gasteiger partial charge in [-0.2, -0.15) is 4.31 Å². The highest BCUT2D eigenvalue weighted by Crippen LogP contribution is 2.28. The van der Waals surface area contributed by atoms with E-state index >= 15 is 0 Å². The molecule has 0 bridgehead atoms. The van der Waals surface area contributed by atoms with Gasteiger partial charge in [-0.25, -0.2) is 8.42 Å². The van der Waals surface area contributed by atoms with Crippen LogP contribution < -0.4 is 5.73 Å². The van der Waals surface area contributed by atoms with Crippen LogP contribution in [0.5, 0.6) is 0 Å². The fourth-order valence-corrected chi connectivity index (χ4v) is 4.28. The number of rotatable bonds is 2. The summed E-state index contributed by atoms with van der Waals surface area (Å²) in [6, 6.07) is 4.30. The number of benzene rings is 1. The molecule has 0 spiro atoms. The molecule has 0 radical (unpaired) electrons. The second-order valence-electron chi connectivity index (χ2n) is 4.34. The summed E-state index contributed by atoms with van der Waals surface area (Å²) in [7, 11) is -3.61. The van der Waals surface area contributed by atoms with Gasteiger partial charge in [0.15, 0.2) is 0 Å². The van der Waals surface area contributed by atoms with Gasteiger partial charge in [-0.05, 0) is 31.0 Å². The zero-order valence-electron chi connectivity index (χ0n) is 9.64. The van der Waals surface area contributed by atoms with E-state index in [4.69, 9.17) is 28.9 Å². The molecule has 0 saturated carbocycles. The first-order chi connectivity index (χ1) is 8.41. The van der Waals surface area contributed by atoms with Crippen LogP contribution in [0.2, 0.25) is 10.0 Å². The maximum absolute atomic E-state index is 12.4. The number of hydrogen-bond acceptors (Lipinski definition) is 3. The third-order valence-corrected chi connectivity index (χ3v) is 5.51. The van der Waals surface area contributed by atoms with Crippen molar-refractivity contribution in [1.82, 2.24) is 4.31 Å². The fraction of sp³-hybridized carbons (Fsp3) is 0.455. The van der Waals surface area contributed by atoms with E-state index in [0.717, 1.165) is 12.8 Å². The van der Waals surface area contributed by atoms with Gasteiger partial charge in [0.25, 0.3) is 0 Å². The van der Waals surface area contributed by atoms with Crippen LogP contribution in [0.1, 0.15) is 12.8 Å². The second kappa shape index (κ2) is 5.35. The first kappa shape index (κ1) is 14.1. The Balaban J connectivity index is 2.38. The van der Waals surface area contributed by atoms with E-state index in [0.29, 0.717) is 18.1 Å². The average Bonchev–Trinajstić information content (AvgIpc) is 2.32. The normalized spacial score (nSPS) is 22.1. The summed E-state index contributed by atoms with van der Waals surface area (Å²) in [5.74, 6) is 0. The van der Waals surface area contributed by atoms with Gasteiger partial charge in [-0.3, -0.25) is 0 Å². The van der Waals surface area contributed by atoms with E-state index in [-0.39, 0.29) is 16.0 Å². The zero-order chi connectivity index (χ0) is 13.3. The van der Waals surface area contributed by atoms with E-state index in [1.807, 2.05) is 0 Å². The number of piperidine rings is 1. The van der Waals surface area contributed by atoms with Crippen molar-refractivity contribution < 1.29 is 8.42 Å². The van der Waals surface area contributed by atoms with E-state index in [2.05, 4.69) is 0 Å².